The standard InChI is InChI=1S/C13H19ClN4O2/c1-17(2)11-7-15-13(14)16-12(11)18(8-19)9-3-5-10(20)6-4-9/h7-10,20H,3-6H2,1-2H3. The Morgan fingerprint density at radius 1 is 1.35 bits per heavy atom. The van der Waals surface area contributed by atoms with Crippen LogP contribution in [-0.2, 0) is 4.79 Å². The molecule has 0 atom stereocenters. The number of carbonyl (C=O) groups excluding carboxylic acids is 1. The van der Waals surface area contributed by atoms with Gasteiger partial charge in [0.05, 0.1) is 18.0 Å². The van der Waals surface area contributed by atoms with Gasteiger partial charge in [0.1, 0.15) is 0 Å². The quantitative estimate of drug-likeness (QED) is 0.673. The number of carbonyl (C=O) groups is 1. The van der Waals surface area contributed by atoms with Crippen LogP contribution in [-0.4, -0.2) is 47.7 Å². The lowest BCUT2D eigenvalue weighted by Crippen LogP contribution is -2.39. The Kier molecular flexibility index (Phi) is 4.77. The van der Waals surface area contributed by atoms with Gasteiger partial charge in [-0.05, 0) is 37.3 Å². The van der Waals surface area contributed by atoms with Crippen molar-refractivity contribution in [2.45, 2.75) is 37.8 Å². The summed E-state index contributed by atoms with van der Waals surface area (Å²) < 4.78 is 0. The van der Waals surface area contributed by atoms with E-state index in [1.54, 1.807) is 11.1 Å². The molecular formula is C13H19ClN4O2. The molecule has 2 rings (SSSR count). The molecule has 110 valence electrons. The van der Waals surface area contributed by atoms with Gasteiger partial charge in [0.25, 0.3) is 0 Å². The summed E-state index contributed by atoms with van der Waals surface area (Å²) in [4.78, 5) is 23.1. The number of aliphatic hydroxyl groups is 1. The SMILES string of the molecule is CN(C)c1cnc(Cl)nc1N(C=O)C1CCC(O)CC1. The van der Waals surface area contributed by atoms with Gasteiger partial charge >= 0.3 is 0 Å². The van der Waals surface area contributed by atoms with E-state index in [4.69, 9.17) is 11.6 Å². The van der Waals surface area contributed by atoms with Gasteiger partial charge in [-0.3, -0.25) is 9.69 Å². The van der Waals surface area contributed by atoms with Crippen LogP contribution in [0, 0.1) is 0 Å². The minimum Gasteiger partial charge on any atom is -0.393 e. The number of nitrogens with zero attached hydrogens (tertiary/aromatic N) is 4. The average molecular weight is 299 g/mol. The second-order valence-corrected chi connectivity index (χ2v) is 5.56. The number of amides is 1. The van der Waals surface area contributed by atoms with Crippen LogP contribution in [0.3, 0.4) is 0 Å². The highest BCUT2D eigenvalue weighted by Crippen LogP contribution is 2.31. The third-order valence-electron chi connectivity index (χ3n) is 3.62. The first kappa shape index (κ1) is 15.0. The first-order valence-corrected chi connectivity index (χ1v) is 7.02. The van der Waals surface area contributed by atoms with Crippen molar-refractivity contribution in [2.75, 3.05) is 23.9 Å². The zero-order valence-corrected chi connectivity index (χ0v) is 12.4. The molecule has 0 spiro atoms. The Morgan fingerprint density at radius 3 is 2.55 bits per heavy atom. The molecule has 1 heterocycles. The average Bonchev–Trinajstić information content (AvgIpc) is 2.41. The van der Waals surface area contributed by atoms with E-state index in [2.05, 4.69) is 9.97 Å². The molecule has 0 unspecified atom stereocenters. The zero-order chi connectivity index (χ0) is 14.7. The number of hydrogen-bond donors (Lipinski definition) is 1. The molecule has 0 saturated heterocycles. The lowest BCUT2D eigenvalue weighted by atomic mass is 9.92. The molecule has 1 aromatic heterocycles. The molecule has 1 saturated carbocycles. The lowest BCUT2D eigenvalue weighted by Gasteiger charge is -2.34. The van der Waals surface area contributed by atoms with E-state index in [9.17, 15) is 9.90 Å². The molecule has 1 N–H and O–H groups in total. The molecule has 1 aliphatic rings. The molecule has 0 bridgehead atoms. The third-order valence-corrected chi connectivity index (χ3v) is 3.80. The van der Waals surface area contributed by atoms with Crippen molar-refractivity contribution in [2.24, 2.45) is 0 Å². The summed E-state index contributed by atoms with van der Waals surface area (Å²) in [5, 5.41) is 9.70. The van der Waals surface area contributed by atoms with E-state index in [1.807, 2.05) is 19.0 Å². The van der Waals surface area contributed by atoms with Crippen molar-refractivity contribution in [3.8, 4) is 0 Å². The van der Waals surface area contributed by atoms with Gasteiger partial charge < -0.3 is 10.0 Å². The second-order valence-electron chi connectivity index (χ2n) is 5.22. The highest BCUT2D eigenvalue weighted by Gasteiger charge is 2.28. The first-order valence-electron chi connectivity index (χ1n) is 6.64. The number of hydrogen-bond acceptors (Lipinski definition) is 5. The zero-order valence-electron chi connectivity index (χ0n) is 11.7. The van der Waals surface area contributed by atoms with E-state index in [1.165, 1.54) is 0 Å². The summed E-state index contributed by atoms with van der Waals surface area (Å²) in [5.74, 6) is 0.520. The van der Waals surface area contributed by atoms with E-state index >= 15 is 0 Å². The van der Waals surface area contributed by atoms with Gasteiger partial charge in [-0.25, -0.2) is 4.98 Å². The summed E-state index contributed by atoms with van der Waals surface area (Å²) in [7, 11) is 3.73. The molecule has 1 amide bonds. The fourth-order valence-corrected chi connectivity index (χ4v) is 2.63. The Hall–Kier alpha value is -1.40. The largest absolute Gasteiger partial charge is 0.393 e. The molecule has 0 aliphatic heterocycles. The third kappa shape index (κ3) is 3.19. The maximum Gasteiger partial charge on any atom is 0.224 e. The van der Waals surface area contributed by atoms with Crippen LogP contribution in [0.2, 0.25) is 5.28 Å². The number of aromatic nitrogens is 2. The van der Waals surface area contributed by atoms with E-state index in [0.717, 1.165) is 24.9 Å². The van der Waals surface area contributed by atoms with Gasteiger partial charge in [-0.15, -0.1) is 0 Å². The van der Waals surface area contributed by atoms with Crippen molar-refractivity contribution >= 4 is 29.5 Å². The van der Waals surface area contributed by atoms with Crippen molar-refractivity contribution in [3.05, 3.63) is 11.5 Å². The van der Waals surface area contributed by atoms with Crippen molar-refractivity contribution in [1.29, 1.82) is 0 Å². The Balaban J connectivity index is 2.31. The summed E-state index contributed by atoms with van der Waals surface area (Å²) in [6.45, 7) is 0. The molecule has 0 radical (unpaired) electrons. The lowest BCUT2D eigenvalue weighted by molar-refractivity contribution is -0.108. The van der Waals surface area contributed by atoms with Gasteiger partial charge in [-0.2, -0.15) is 4.98 Å². The Bertz CT molecular complexity index is 475. The molecular weight excluding hydrogens is 280 g/mol. The number of aliphatic hydroxyl groups excluding tert-OH is 1. The molecule has 6 nitrogen and oxygen atoms in total. The maximum absolute atomic E-state index is 11.5. The molecule has 1 aliphatic carbocycles. The summed E-state index contributed by atoms with van der Waals surface area (Å²) in [5.41, 5.74) is 0.743. The monoisotopic (exact) mass is 298 g/mol. The van der Waals surface area contributed by atoms with Crippen LogP contribution < -0.4 is 9.80 Å². The van der Waals surface area contributed by atoms with Gasteiger partial charge in [0.2, 0.25) is 11.7 Å². The van der Waals surface area contributed by atoms with E-state index < -0.39 is 0 Å². The normalized spacial score (nSPS) is 22.4. The Labute approximate surface area is 123 Å². The highest BCUT2D eigenvalue weighted by molar-refractivity contribution is 6.28. The molecule has 7 heteroatoms. The number of anilines is 2. The van der Waals surface area contributed by atoms with Crippen molar-refractivity contribution < 1.29 is 9.90 Å². The Morgan fingerprint density at radius 2 is 2.00 bits per heavy atom. The minimum atomic E-state index is -0.262. The summed E-state index contributed by atoms with van der Waals surface area (Å²) >= 11 is 5.86. The maximum atomic E-state index is 11.5. The fraction of sp³-hybridized carbons (Fsp3) is 0.615. The van der Waals surface area contributed by atoms with Crippen molar-refractivity contribution in [3.63, 3.8) is 0 Å². The smallest absolute Gasteiger partial charge is 0.224 e. The van der Waals surface area contributed by atoms with Crippen LogP contribution in [0.4, 0.5) is 11.5 Å². The van der Waals surface area contributed by atoms with Crippen LogP contribution in [0.5, 0.6) is 0 Å². The number of halogens is 1. The predicted molar refractivity (Wildman–Crippen MR) is 78.2 cm³/mol. The van der Waals surface area contributed by atoms with E-state index in [-0.39, 0.29) is 17.4 Å². The van der Waals surface area contributed by atoms with Crippen LogP contribution in [0.25, 0.3) is 0 Å². The fourth-order valence-electron chi connectivity index (χ4n) is 2.50. The first-order chi connectivity index (χ1) is 9.52. The second kappa shape index (κ2) is 6.37. The summed E-state index contributed by atoms with van der Waals surface area (Å²) in [6.07, 6.45) is 5.05. The topological polar surface area (TPSA) is 69.6 Å². The molecule has 1 fully saturated rings. The number of rotatable bonds is 4. The molecule has 20 heavy (non-hydrogen) atoms. The minimum absolute atomic E-state index is 0.0422. The molecule has 0 aromatic carbocycles. The van der Waals surface area contributed by atoms with Crippen molar-refractivity contribution in [1.82, 2.24) is 9.97 Å². The van der Waals surface area contributed by atoms with Gasteiger partial charge in [-0.1, -0.05) is 0 Å². The van der Waals surface area contributed by atoms with Crippen LogP contribution in [0.1, 0.15) is 25.7 Å². The predicted octanol–water partition coefficient (Wildman–Crippen LogP) is 1.46. The molecule has 1 aromatic rings. The summed E-state index contributed by atoms with van der Waals surface area (Å²) in [6, 6.07) is 0.0422. The van der Waals surface area contributed by atoms with Gasteiger partial charge in [0, 0.05) is 20.1 Å². The van der Waals surface area contributed by atoms with Crippen LogP contribution >= 0.6 is 11.6 Å². The van der Waals surface area contributed by atoms with Gasteiger partial charge in [0.15, 0.2) is 5.82 Å². The van der Waals surface area contributed by atoms with Crippen LogP contribution in [0.15, 0.2) is 6.20 Å². The highest BCUT2D eigenvalue weighted by atomic mass is 35.5. The van der Waals surface area contributed by atoms with E-state index in [0.29, 0.717) is 18.7 Å².